The lowest BCUT2D eigenvalue weighted by Gasteiger charge is -2.27. The Morgan fingerprint density at radius 2 is 1.87 bits per heavy atom. The highest BCUT2D eigenvalue weighted by molar-refractivity contribution is 8.00. The molecule has 3 rings (SSSR count). The van der Waals surface area contributed by atoms with Gasteiger partial charge in [-0.1, -0.05) is 58.0 Å². The van der Waals surface area contributed by atoms with Gasteiger partial charge >= 0.3 is 0 Å². The fraction of sp³-hybridized carbons (Fsp3) is 0.440. The molecular weight excluding hydrogens is 408 g/mol. The summed E-state index contributed by atoms with van der Waals surface area (Å²) in [6, 6.07) is 15.3. The van der Waals surface area contributed by atoms with Crippen LogP contribution in [0.4, 0.5) is 11.4 Å². The summed E-state index contributed by atoms with van der Waals surface area (Å²) in [4.78, 5) is 27.3. The Balaban J connectivity index is 1.83. The summed E-state index contributed by atoms with van der Waals surface area (Å²) >= 11 is 1.56. The lowest BCUT2D eigenvalue weighted by atomic mass is 9.84. The number of amides is 2. The number of nitrogens with one attached hydrogen (secondary N) is 1. The fourth-order valence-corrected chi connectivity index (χ4v) is 5.41. The monoisotopic (exact) mass is 440 g/mol. The number of hydrogen-bond donors (Lipinski definition) is 1. The van der Waals surface area contributed by atoms with Gasteiger partial charge in [-0.3, -0.25) is 14.5 Å². The minimum absolute atomic E-state index is 0.00219. The molecule has 1 aliphatic rings. The standard InChI is InChI=1S/C25H32N2O3S/c1-17(15-25(2,3)4)14-22(28)26-19-11-7-6-10-18(19)24-27(23(29)16-31-24)20-12-8-9-13-21(20)30-5/h6-13,17,24H,14-16H2,1-5H3,(H,26,28)/t17-,24-/m1/s1. The van der Waals surface area contributed by atoms with Gasteiger partial charge in [0.2, 0.25) is 11.8 Å². The lowest BCUT2D eigenvalue weighted by Crippen LogP contribution is -2.29. The van der Waals surface area contributed by atoms with Crippen molar-refractivity contribution in [2.75, 3.05) is 23.1 Å². The number of methoxy groups -OCH3 is 1. The predicted octanol–water partition coefficient (Wildman–Crippen LogP) is 5.87. The molecule has 1 saturated heterocycles. The summed E-state index contributed by atoms with van der Waals surface area (Å²) in [6.45, 7) is 8.69. The van der Waals surface area contributed by atoms with Crippen molar-refractivity contribution < 1.29 is 14.3 Å². The summed E-state index contributed by atoms with van der Waals surface area (Å²) in [5.41, 5.74) is 2.60. The molecule has 1 heterocycles. The van der Waals surface area contributed by atoms with Gasteiger partial charge in [0.25, 0.3) is 0 Å². The fourth-order valence-electron chi connectivity index (χ4n) is 4.20. The van der Waals surface area contributed by atoms with Crippen LogP contribution >= 0.6 is 11.8 Å². The molecule has 166 valence electrons. The van der Waals surface area contributed by atoms with Crippen LogP contribution in [0.1, 0.15) is 51.5 Å². The summed E-state index contributed by atoms with van der Waals surface area (Å²) in [7, 11) is 1.61. The first-order valence-electron chi connectivity index (χ1n) is 10.6. The van der Waals surface area contributed by atoms with Crippen LogP contribution in [0.15, 0.2) is 48.5 Å². The van der Waals surface area contributed by atoms with Gasteiger partial charge in [-0.2, -0.15) is 0 Å². The number of hydrogen-bond acceptors (Lipinski definition) is 4. The second-order valence-electron chi connectivity index (χ2n) is 9.31. The summed E-state index contributed by atoms with van der Waals surface area (Å²) < 4.78 is 5.50. The zero-order chi connectivity index (χ0) is 22.6. The second-order valence-corrected chi connectivity index (χ2v) is 10.4. The van der Waals surface area contributed by atoms with E-state index in [1.54, 1.807) is 23.8 Å². The van der Waals surface area contributed by atoms with Crippen LogP contribution in [0.3, 0.4) is 0 Å². The molecule has 0 bridgehead atoms. The third-order valence-corrected chi connectivity index (χ3v) is 6.40. The SMILES string of the molecule is COc1ccccc1N1C(=O)CS[C@@H]1c1ccccc1NC(=O)C[C@@H](C)CC(C)(C)C. The summed E-state index contributed by atoms with van der Waals surface area (Å²) in [6.07, 6.45) is 1.45. The van der Waals surface area contributed by atoms with E-state index >= 15 is 0 Å². The van der Waals surface area contributed by atoms with Crippen molar-refractivity contribution in [2.45, 2.75) is 45.9 Å². The van der Waals surface area contributed by atoms with Crippen molar-refractivity contribution in [3.05, 3.63) is 54.1 Å². The minimum Gasteiger partial charge on any atom is -0.495 e. The number of rotatable bonds is 7. The smallest absolute Gasteiger partial charge is 0.238 e. The van der Waals surface area contributed by atoms with Crippen molar-refractivity contribution in [3.8, 4) is 5.75 Å². The third-order valence-electron chi connectivity index (χ3n) is 5.21. The van der Waals surface area contributed by atoms with Crippen LogP contribution in [-0.2, 0) is 9.59 Å². The molecule has 0 saturated carbocycles. The highest BCUT2D eigenvalue weighted by Gasteiger charge is 2.36. The Morgan fingerprint density at radius 3 is 2.58 bits per heavy atom. The Morgan fingerprint density at radius 1 is 1.19 bits per heavy atom. The maximum atomic E-state index is 12.8. The van der Waals surface area contributed by atoms with Gasteiger partial charge in [-0.25, -0.2) is 0 Å². The first-order valence-corrected chi connectivity index (χ1v) is 11.7. The molecular formula is C25H32N2O3S. The van der Waals surface area contributed by atoms with E-state index in [2.05, 4.69) is 33.0 Å². The zero-order valence-electron chi connectivity index (χ0n) is 19.0. The number of thioether (sulfide) groups is 1. The van der Waals surface area contributed by atoms with E-state index in [4.69, 9.17) is 4.74 Å². The molecule has 0 radical (unpaired) electrons. The first kappa shape index (κ1) is 23.2. The molecule has 5 nitrogen and oxygen atoms in total. The average Bonchev–Trinajstić information content (AvgIpc) is 3.07. The van der Waals surface area contributed by atoms with Gasteiger partial charge in [0.1, 0.15) is 11.1 Å². The molecule has 1 aliphatic heterocycles. The van der Waals surface area contributed by atoms with Crippen LogP contribution in [0.2, 0.25) is 0 Å². The number of ether oxygens (including phenoxy) is 1. The molecule has 2 amide bonds. The van der Waals surface area contributed by atoms with Crippen molar-refractivity contribution in [1.29, 1.82) is 0 Å². The van der Waals surface area contributed by atoms with Crippen LogP contribution in [0.25, 0.3) is 0 Å². The van der Waals surface area contributed by atoms with Crippen molar-refractivity contribution in [3.63, 3.8) is 0 Å². The van der Waals surface area contributed by atoms with Gasteiger partial charge in [0.15, 0.2) is 0 Å². The number of anilines is 2. The van der Waals surface area contributed by atoms with Crippen molar-refractivity contribution >= 4 is 35.0 Å². The van der Waals surface area contributed by atoms with Crippen LogP contribution in [0, 0.1) is 11.3 Å². The Bertz CT molecular complexity index is 938. The lowest BCUT2D eigenvalue weighted by molar-refractivity contribution is -0.117. The number of carbonyl (C=O) groups is 2. The third kappa shape index (κ3) is 5.82. The zero-order valence-corrected chi connectivity index (χ0v) is 19.8. The Kier molecular flexibility index (Phi) is 7.31. The topological polar surface area (TPSA) is 58.6 Å². The minimum atomic E-state index is -0.229. The number of carbonyl (C=O) groups excluding carboxylic acids is 2. The van der Waals surface area contributed by atoms with Crippen molar-refractivity contribution in [2.24, 2.45) is 11.3 Å². The molecule has 2 atom stereocenters. The first-order chi connectivity index (χ1) is 14.7. The molecule has 2 aromatic rings. The second kappa shape index (κ2) is 9.77. The Hall–Kier alpha value is -2.47. The van der Waals surface area contributed by atoms with Crippen LogP contribution in [-0.4, -0.2) is 24.7 Å². The molecule has 1 fully saturated rings. The van der Waals surface area contributed by atoms with E-state index in [0.29, 0.717) is 23.8 Å². The van der Waals surface area contributed by atoms with E-state index in [9.17, 15) is 9.59 Å². The van der Waals surface area contributed by atoms with Crippen LogP contribution < -0.4 is 15.0 Å². The number of nitrogens with zero attached hydrogens (tertiary/aromatic N) is 1. The molecule has 0 aliphatic carbocycles. The Labute approximate surface area is 189 Å². The van der Waals surface area contributed by atoms with E-state index in [0.717, 1.165) is 23.4 Å². The van der Waals surface area contributed by atoms with Gasteiger partial charge in [-0.05, 0) is 36.0 Å². The average molecular weight is 441 g/mol. The van der Waals surface area contributed by atoms with E-state index in [1.165, 1.54) is 0 Å². The molecule has 0 unspecified atom stereocenters. The maximum absolute atomic E-state index is 12.8. The van der Waals surface area contributed by atoms with E-state index in [-0.39, 0.29) is 22.6 Å². The van der Waals surface area contributed by atoms with Crippen LogP contribution in [0.5, 0.6) is 5.75 Å². The van der Waals surface area contributed by atoms with Crippen molar-refractivity contribution in [1.82, 2.24) is 0 Å². The summed E-state index contributed by atoms with van der Waals surface area (Å²) in [5.74, 6) is 1.36. The molecule has 1 N–H and O–H groups in total. The number of benzene rings is 2. The predicted molar refractivity (Wildman–Crippen MR) is 129 cm³/mol. The maximum Gasteiger partial charge on any atom is 0.238 e. The molecule has 6 heteroatoms. The van der Waals surface area contributed by atoms with E-state index < -0.39 is 0 Å². The molecule has 0 spiro atoms. The largest absolute Gasteiger partial charge is 0.495 e. The quantitative estimate of drug-likeness (QED) is 0.584. The van der Waals surface area contributed by atoms with Gasteiger partial charge in [-0.15, -0.1) is 11.8 Å². The molecule has 2 aromatic carbocycles. The molecule has 31 heavy (non-hydrogen) atoms. The number of para-hydroxylation sites is 3. The normalized spacial score (nSPS) is 17.5. The van der Waals surface area contributed by atoms with Gasteiger partial charge in [0.05, 0.1) is 18.6 Å². The highest BCUT2D eigenvalue weighted by atomic mass is 32.2. The highest BCUT2D eigenvalue weighted by Crippen LogP contribution is 2.46. The molecule has 0 aromatic heterocycles. The van der Waals surface area contributed by atoms with E-state index in [1.807, 2.05) is 48.5 Å². The van der Waals surface area contributed by atoms with Gasteiger partial charge in [0, 0.05) is 17.7 Å². The van der Waals surface area contributed by atoms with Gasteiger partial charge < -0.3 is 10.1 Å². The summed E-state index contributed by atoms with van der Waals surface area (Å²) in [5, 5.41) is 2.87.